The third-order valence-electron chi connectivity index (χ3n) is 4.74. The second-order valence-corrected chi connectivity index (χ2v) is 6.78. The number of benzene rings is 4. The fraction of sp³-hybridized carbons (Fsp3) is 0.120. The van der Waals surface area contributed by atoms with Crippen molar-refractivity contribution in [2.24, 2.45) is 0 Å². The lowest BCUT2D eigenvalue weighted by Crippen LogP contribution is -2.07. The van der Waals surface area contributed by atoms with Gasteiger partial charge in [-0.2, -0.15) is 0 Å². The fourth-order valence-electron chi connectivity index (χ4n) is 3.20. The maximum atomic E-state index is 10.5. The molecule has 4 aromatic carbocycles. The molecular formula is C25H23NO2. The summed E-state index contributed by atoms with van der Waals surface area (Å²) in [7, 11) is 0. The number of anilines is 1. The molecule has 4 rings (SSSR count). The molecule has 0 aromatic heterocycles. The number of para-hydroxylation sites is 1. The van der Waals surface area contributed by atoms with Gasteiger partial charge in [0.15, 0.2) is 0 Å². The molecule has 0 fully saturated rings. The van der Waals surface area contributed by atoms with Gasteiger partial charge in [0.1, 0.15) is 11.5 Å². The predicted octanol–water partition coefficient (Wildman–Crippen LogP) is 6.17. The first-order valence-electron chi connectivity index (χ1n) is 9.51. The summed E-state index contributed by atoms with van der Waals surface area (Å²) in [4.78, 5) is 0. The summed E-state index contributed by atoms with van der Waals surface area (Å²) in [6.45, 7) is 0.687. The average molecular weight is 369 g/mol. The molecule has 0 spiro atoms. The van der Waals surface area contributed by atoms with Crippen LogP contribution in [-0.2, 0) is 0 Å². The van der Waals surface area contributed by atoms with Crippen molar-refractivity contribution in [3.63, 3.8) is 0 Å². The maximum Gasteiger partial charge on any atom is 0.127 e. The zero-order valence-corrected chi connectivity index (χ0v) is 15.6. The molecule has 0 heterocycles. The third-order valence-corrected chi connectivity index (χ3v) is 4.74. The van der Waals surface area contributed by atoms with Crippen LogP contribution in [0.4, 0.5) is 5.69 Å². The Labute approximate surface area is 165 Å². The van der Waals surface area contributed by atoms with Crippen LogP contribution in [0.3, 0.4) is 0 Å². The Bertz CT molecular complexity index is 1030. The predicted molar refractivity (Wildman–Crippen MR) is 115 cm³/mol. The normalized spacial score (nSPS) is 11.9. The Morgan fingerprint density at radius 1 is 0.714 bits per heavy atom. The lowest BCUT2D eigenvalue weighted by Gasteiger charge is -2.13. The molecule has 2 N–H and O–H groups in total. The SMILES string of the molecule is O[C@@H](CCNc1ccc(Oc2ccccc2)cc1)c1ccc2ccccc2c1. The summed E-state index contributed by atoms with van der Waals surface area (Å²) in [6.07, 6.45) is 0.151. The summed E-state index contributed by atoms with van der Waals surface area (Å²) in [5.41, 5.74) is 1.96. The van der Waals surface area contributed by atoms with Crippen LogP contribution in [0.2, 0.25) is 0 Å². The highest BCUT2D eigenvalue weighted by Crippen LogP contribution is 2.24. The zero-order chi connectivity index (χ0) is 19.2. The minimum absolute atomic E-state index is 0.488. The lowest BCUT2D eigenvalue weighted by molar-refractivity contribution is 0.172. The Kier molecular flexibility index (Phi) is 5.55. The van der Waals surface area contributed by atoms with E-state index >= 15 is 0 Å². The molecule has 0 aliphatic rings. The van der Waals surface area contributed by atoms with Gasteiger partial charge in [0.25, 0.3) is 0 Å². The van der Waals surface area contributed by atoms with Gasteiger partial charge in [-0.05, 0) is 65.2 Å². The summed E-state index contributed by atoms with van der Waals surface area (Å²) < 4.78 is 5.80. The van der Waals surface area contributed by atoms with Crippen molar-refractivity contribution in [3.8, 4) is 11.5 Å². The van der Waals surface area contributed by atoms with Crippen molar-refractivity contribution in [2.45, 2.75) is 12.5 Å². The minimum Gasteiger partial charge on any atom is -0.457 e. The van der Waals surface area contributed by atoms with Gasteiger partial charge in [-0.3, -0.25) is 0 Å². The van der Waals surface area contributed by atoms with E-state index < -0.39 is 6.10 Å². The van der Waals surface area contributed by atoms with E-state index in [1.807, 2.05) is 72.8 Å². The van der Waals surface area contributed by atoms with Crippen LogP contribution in [0, 0.1) is 0 Å². The largest absolute Gasteiger partial charge is 0.457 e. The molecule has 0 radical (unpaired) electrons. The molecule has 0 unspecified atom stereocenters. The summed E-state index contributed by atoms with van der Waals surface area (Å²) >= 11 is 0. The first-order chi connectivity index (χ1) is 13.8. The highest BCUT2D eigenvalue weighted by Gasteiger charge is 2.08. The van der Waals surface area contributed by atoms with Crippen molar-refractivity contribution in [1.82, 2.24) is 0 Å². The van der Waals surface area contributed by atoms with Gasteiger partial charge in [0.05, 0.1) is 6.10 Å². The molecule has 3 nitrogen and oxygen atoms in total. The van der Waals surface area contributed by atoms with Gasteiger partial charge in [0, 0.05) is 12.2 Å². The second-order valence-electron chi connectivity index (χ2n) is 6.78. The molecule has 4 aromatic rings. The average Bonchev–Trinajstić information content (AvgIpc) is 2.75. The molecule has 3 heteroatoms. The highest BCUT2D eigenvalue weighted by atomic mass is 16.5. The van der Waals surface area contributed by atoms with E-state index in [1.54, 1.807) is 0 Å². The number of rotatable bonds is 7. The smallest absolute Gasteiger partial charge is 0.127 e. The Morgan fingerprint density at radius 3 is 2.18 bits per heavy atom. The van der Waals surface area contributed by atoms with Crippen LogP contribution < -0.4 is 10.1 Å². The van der Waals surface area contributed by atoms with Gasteiger partial charge >= 0.3 is 0 Å². The quantitative estimate of drug-likeness (QED) is 0.409. The van der Waals surface area contributed by atoms with E-state index in [-0.39, 0.29) is 0 Å². The molecule has 0 saturated carbocycles. The van der Waals surface area contributed by atoms with Crippen molar-refractivity contribution >= 4 is 16.5 Å². The highest BCUT2D eigenvalue weighted by molar-refractivity contribution is 5.83. The minimum atomic E-state index is -0.488. The monoisotopic (exact) mass is 369 g/mol. The van der Waals surface area contributed by atoms with Crippen LogP contribution in [-0.4, -0.2) is 11.7 Å². The van der Waals surface area contributed by atoms with Crippen molar-refractivity contribution in [3.05, 3.63) is 103 Å². The first-order valence-corrected chi connectivity index (χ1v) is 9.51. The van der Waals surface area contributed by atoms with Gasteiger partial charge in [-0.1, -0.05) is 54.6 Å². The van der Waals surface area contributed by atoms with Crippen LogP contribution in [0.25, 0.3) is 10.8 Å². The van der Waals surface area contributed by atoms with Crippen molar-refractivity contribution in [2.75, 3.05) is 11.9 Å². The topological polar surface area (TPSA) is 41.5 Å². The number of hydrogen-bond acceptors (Lipinski definition) is 3. The number of aliphatic hydroxyl groups is 1. The molecule has 0 bridgehead atoms. The summed E-state index contributed by atoms with van der Waals surface area (Å²) in [5.74, 6) is 1.62. The molecule has 0 amide bonds. The number of fused-ring (bicyclic) bond motifs is 1. The van der Waals surface area contributed by atoms with Crippen LogP contribution in [0.1, 0.15) is 18.1 Å². The lowest BCUT2D eigenvalue weighted by atomic mass is 10.0. The van der Waals surface area contributed by atoms with E-state index in [2.05, 4.69) is 29.6 Å². The van der Waals surface area contributed by atoms with Gasteiger partial charge in [-0.15, -0.1) is 0 Å². The van der Waals surface area contributed by atoms with Crippen molar-refractivity contribution in [1.29, 1.82) is 0 Å². The van der Waals surface area contributed by atoms with E-state index in [0.29, 0.717) is 13.0 Å². The number of hydrogen-bond donors (Lipinski definition) is 2. The molecule has 1 atom stereocenters. The van der Waals surface area contributed by atoms with E-state index in [4.69, 9.17) is 4.74 Å². The third kappa shape index (κ3) is 4.51. The van der Waals surface area contributed by atoms with Gasteiger partial charge < -0.3 is 15.2 Å². The van der Waals surface area contributed by atoms with Gasteiger partial charge in [0.2, 0.25) is 0 Å². The zero-order valence-electron chi connectivity index (χ0n) is 15.6. The maximum absolute atomic E-state index is 10.5. The number of ether oxygens (including phenoxy) is 1. The molecule has 28 heavy (non-hydrogen) atoms. The van der Waals surface area contributed by atoms with E-state index in [0.717, 1.165) is 28.1 Å². The number of nitrogens with one attached hydrogen (secondary N) is 1. The van der Waals surface area contributed by atoms with Crippen LogP contribution in [0.15, 0.2) is 97.1 Å². The second kappa shape index (κ2) is 8.59. The molecular weight excluding hydrogens is 346 g/mol. The summed E-state index contributed by atoms with van der Waals surface area (Å²) in [5, 5.41) is 16.2. The Balaban J connectivity index is 1.30. The van der Waals surface area contributed by atoms with Crippen LogP contribution >= 0.6 is 0 Å². The summed E-state index contributed by atoms with van der Waals surface area (Å²) in [6, 6.07) is 31.9. The van der Waals surface area contributed by atoms with Crippen molar-refractivity contribution < 1.29 is 9.84 Å². The van der Waals surface area contributed by atoms with Crippen LogP contribution in [0.5, 0.6) is 11.5 Å². The number of aliphatic hydroxyl groups excluding tert-OH is 1. The molecule has 140 valence electrons. The Morgan fingerprint density at radius 2 is 1.39 bits per heavy atom. The molecule has 0 aliphatic heterocycles. The standard InChI is InChI=1S/C25H23NO2/c27-25(21-11-10-19-6-4-5-7-20(19)18-21)16-17-26-22-12-14-24(15-13-22)28-23-8-2-1-3-9-23/h1-15,18,25-27H,16-17H2/t25-/m0/s1. The van der Waals surface area contributed by atoms with Gasteiger partial charge in [-0.25, -0.2) is 0 Å². The van der Waals surface area contributed by atoms with E-state index in [1.165, 1.54) is 5.39 Å². The first kappa shape index (κ1) is 18.1. The van der Waals surface area contributed by atoms with E-state index in [9.17, 15) is 5.11 Å². The Hall–Kier alpha value is -3.30. The molecule has 0 saturated heterocycles. The fourth-order valence-corrected chi connectivity index (χ4v) is 3.20. The molecule has 0 aliphatic carbocycles.